The van der Waals surface area contributed by atoms with Gasteiger partial charge in [0.1, 0.15) is 0 Å². The SMILES string of the molecule is C#CCC(C/C=C/CC(=O)NN(c1ccccc1)c1ccccc1)(C(=O)OC)C(=O)OC. The van der Waals surface area contributed by atoms with Crippen molar-refractivity contribution in [3.63, 3.8) is 0 Å². The highest BCUT2D eigenvalue weighted by molar-refractivity contribution is 6.00. The summed E-state index contributed by atoms with van der Waals surface area (Å²) in [6.07, 6.45) is 8.27. The lowest BCUT2D eigenvalue weighted by Gasteiger charge is -2.25. The zero-order chi connectivity index (χ0) is 23.4. The number of hydrogen-bond donors (Lipinski definition) is 1. The molecule has 0 radical (unpaired) electrons. The maximum absolute atomic E-state index is 12.6. The first-order valence-electron chi connectivity index (χ1n) is 9.93. The van der Waals surface area contributed by atoms with Crippen molar-refractivity contribution in [3.05, 3.63) is 72.8 Å². The zero-order valence-corrected chi connectivity index (χ0v) is 18.1. The molecule has 0 aliphatic carbocycles. The number of nitrogens with one attached hydrogen (secondary N) is 1. The first-order chi connectivity index (χ1) is 15.5. The van der Waals surface area contributed by atoms with Gasteiger partial charge in [-0.05, 0) is 30.7 Å². The lowest BCUT2D eigenvalue weighted by molar-refractivity contribution is -0.168. The van der Waals surface area contributed by atoms with Crippen molar-refractivity contribution in [2.75, 3.05) is 19.2 Å². The number of anilines is 2. The lowest BCUT2D eigenvalue weighted by atomic mass is 9.81. The Labute approximate surface area is 188 Å². The van der Waals surface area contributed by atoms with Gasteiger partial charge in [0.25, 0.3) is 0 Å². The van der Waals surface area contributed by atoms with E-state index in [0.29, 0.717) is 0 Å². The van der Waals surface area contributed by atoms with E-state index in [1.807, 2.05) is 60.7 Å². The van der Waals surface area contributed by atoms with Crippen LogP contribution < -0.4 is 10.4 Å². The van der Waals surface area contributed by atoms with Crippen molar-refractivity contribution in [2.45, 2.75) is 19.3 Å². The van der Waals surface area contributed by atoms with Crippen molar-refractivity contribution in [3.8, 4) is 12.3 Å². The number of amides is 1. The lowest BCUT2D eigenvalue weighted by Crippen LogP contribution is -2.40. The summed E-state index contributed by atoms with van der Waals surface area (Å²) >= 11 is 0. The van der Waals surface area contributed by atoms with E-state index in [0.717, 1.165) is 11.4 Å². The molecule has 7 nitrogen and oxygen atoms in total. The van der Waals surface area contributed by atoms with Crippen LogP contribution in [-0.4, -0.2) is 32.1 Å². The van der Waals surface area contributed by atoms with Crippen LogP contribution in [-0.2, 0) is 23.9 Å². The van der Waals surface area contributed by atoms with Gasteiger partial charge in [-0.2, -0.15) is 0 Å². The van der Waals surface area contributed by atoms with Crippen LogP contribution >= 0.6 is 0 Å². The molecule has 0 fully saturated rings. The van der Waals surface area contributed by atoms with Gasteiger partial charge in [-0.25, -0.2) is 0 Å². The van der Waals surface area contributed by atoms with E-state index in [4.69, 9.17) is 15.9 Å². The molecule has 0 saturated carbocycles. The summed E-state index contributed by atoms with van der Waals surface area (Å²) in [5.74, 6) is 0.482. The van der Waals surface area contributed by atoms with Gasteiger partial charge >= 0.3 is 11.9 Å². The quantitative estimate of drug-likeness (QED) is 0.202. The predicted octanol–water partition coefficient (Wildman–Crippen LogP) is 3.55. The molecule has 0 unspecified atom stereocenters. The summed E-state index contributed by atoms with van der Waals surface area (Å²) in [5, 5.41) is 1.68. The van der Waals surface area contributed by atoms with Gasteiger partial charge < -0.3 is 9.47 Å². The Morgan fingerprint density at radius 2 is 1.44 bits per heavy atom. The molecule has 0 aliphatic rings. The number of esters is 2. The normalized spacial score (nSPS) is 10.8. The van der Waals surface area contributed by atoms with Gasteiger partial charge in [-0.15, -0.1) is 12.3 Å². The van der Waals surface area contributed by atoms with Crippen LogP contribution in [0.25, 0.3) is 0 Å². The molecule has 2 aromatic carbocycles. The minimum atomic E-state index is -1.65. The first-order valence-corrected chi connectivity index (χ1v) is 9.93. The summed E-state index contributed by atoms with van der Waals surface area (Å²) in [4.78, 5) is 37.2. The number of terminal acetylenes is 1. The molecule has 7 heteroatoms. The van der Waals surface area contributed by atoms with E-state index in [1.165, 1.54) is 14.2 Å². The van der Waals surface area contributed by atoms with Crippen LogP contribution in [0, 0.1) is 17.8 Å². The average Bonchev–Trinajstić information content (AvgIpc) is 2.84. The Balaban J connectivity index is 2.11. The second kappa shape index (κ2) is 12.0. The number of hydrogen-bond acceptors (Lipinski definition) is 6. The number of para-hydroxylation sites is 2. The summed E-state index contributed by atoms with van der Waals surface area (Å²) in [6, 6.07) is 18.8. The molecule has 0 aromatic heterocycles. The van der Waals surface area contributed by atoms with Crippen molar-refractivity contribution in [1.29, 1.82) is 0 Å². The summed E-state index contributed by atoms with van der Waals surface area (Å²) in [6.45, 7) is 0. The molecular weight excluding hydrogens is 408 g/mol. The van der Waals surface area contributed by atoms with Crippen LogP contribution in [0.3, 0.4) is 0 Å². The standard InChI is InChI=1S/C25H26N2O5/c1-4-18-25(23(29)31-2,24(30)32-3)19-12-11-17-22(28)26-27(20-13-7-5-8-14-20)21-15-9-6-10-16-21/h1,5-16H,17-19H2,2-3H3,(H,26,28)/b12-11+. The van der Waals surface area contributed by atoms with Gasteiger partial charge in [0.05, 0.1) is 25.6 Å². The molecule has 2 aromatic rings. The maximum atomic E-state index is 12.6. The van der Waals surface area contributed by atoms with Crippen molar-refractivity contribution >= 4 is 29.2 Å². The van der Waals surface area contributed by atoms with Crippen LogP contribution in [0.2, 0.25) is 0 Å². The smallest absolute Gasteiger partial charge is 0.324 e. The topological polar surface area (TPSA) is 84.9 Å². The molecule has 0 spiro atoms. The second-order valence-electron chi connectivity index (χ2n) is 6.87. The minimum Gasteiger partial charge on any atom is -0.468 e. The number of ether oxygens (including phenoxy) is 2. The average molecular weight is 434 g/mol. The van der Waals surface area contributed by atoms with E-state index >= 15 is 0 Å². The Hall–Kier alpha value is -4.05. The highest BCUT2D eigenvalue weighted by Gasteiger charge is 2.47. The summed E-state index contributed by atoms with van der Waals surface area (Å²) in [7, 11) is 2.35. The monoisotopic (exact) mass is 434 g/mol. The summed E-state index contributed by atoms with van der Waals surface area (Å²) < 4.78 is 9.53. The van der Waals surface area contributed by atoms with Gasteiger partial charge in [0.2, 0.25) is 5.91 Å². The third-order valence-corrected chi connectivity index (χ3v) is 4.76. The van der Waals surface area contributed by atoms with Crippen molar-refractivity contribution in [1.82, 2.24) is 5.43 Å². The van der Waals surface area contributed by atoms with E-state index in [-0.39, 0.29) is 25.2 Å². The van der Waals surface area contributed by atoms with Crippen LogP contribution in [0.15, 0.2) is 72.8 Å². The Bertz CT molecular complexity index is 925. The second-order valence-corrected chi connectivity index (χ2v) is 6.87. The van der Waals surface area contributed by atoms with Gasteiger partial charge in [0, 0.05) is 12.8 Å². The first kappa shape index (κ1) is 24.2. The van der Waals surface area contributed by atoms with E-state index in [9.17, 15) is 14.4 Å². The molecule has 0 bridgehead atoms. The fourth-order valence-corrected chi connectivity index (χ4v) is 3.11. The van der Waals surface area contributed by atoms with Crippen molar-refractivity contribution in [2.24, 2.45) is 5.41 Å². The number of carbonyl (C=O) groups is 3. The molecule has 1 amide bonds. The van der Waals surface area contributed by atoms with E-state index in [2.05, 4.69) is 11.3 Å². The largest absolute Gasteiger partial charge is 0.468 e. The van der Waals surface area contributed by atoms with Gasteiger partial charge in [-0.1, -0.05) is 48.6 Å². The van der Waals surface area contributed by atoms with E-state index in [1.54, 1.807) is 17.2 Å². The Morgan fingerprint density at radius 1 is 0.938 bits per heavy atom. The van der Waals surface area contributed by atoms with Gasteiger partial charge in [-0.3, -0.25) is 24.8 Å². The van der Waals surface area contributed by atoms with Crippen molar-refractivity contribution < 1.29 is 23.9 Å². The maximum Gasteiger partial charge on any atom is 0.324 e. The predicted molar refractivity (Wildman–Crippen MR) is 121 cm³/mol. The third-order valence-electron chi connectivity index (χ3n) is 4.76. The van der Waals surface area contributed by atoms with Crippen LogP contribution in [0.4, 0.5) is 11.4 Å². The Kier molecular flexibility index (Phi) is 9.05. The molecule has 0 atom stereocenters. The molecule has 32 heavy (non-hydrogen) atoms. The molecule has 166 valence electrons. The molecular formula is C25H26N2O5. The molecule has 0 saturated heterocycles. The number of benzene rings is 2. The number of nitrogens with zero attached hydrogens (tertiary/aromatic N) is 1. The number of methoxy groups -OCH3 is 2. The third kappa shape index (κ3) is 5.99. The highest BCUT2D eigenvalue weighted by atomic mass is 16.5. The fraction of sp³-hybridized carbons (Fsp3) is 0.240. The number of carbonyl (C=O) groups excluding carboxylic acids is 3. The highest BCUT2D eigenvalue weighted by Crippen LogP contribution is 2.30. The fourth-order valence-electron chi connectivity index (χ4n) is 3.11. The van der Waals surface area contributed by atoms with E-state index < -0.39 is 17.4 Å². The van der Waals surface area contributed by atoms with Gasteiger partial charge in [0.15, 0.2) is 5.41 Å². The number of rotatable bonds is 10. The number of hydrazine groups is 1. The summed E-state index contributed by atoms with van der Waals surface area (Å²) in [5.41, 5.74) is 2.80. The molecule has 2 rings (SSSR count). The Morgan fingerprint density at radius 3 is 1.88 bits per heavy atom. The zero-order valence-electron chi connectivity index (χ0n) is 18.1. The minimum absolute atomic E-state index is 0.0185. The van der Waals surface area contributed by atoms with Crippen LogP contribution in [0.5, 0.6) is 0 Å². The number of allylic oxidation sites excluding steroid dienone is 1. The molecule has 1 N–H and O–H groups in total. The molecule has 0 aliphatic heterocycles. The van der Waals surface area contributed by atoms with Crippen LogP contribution in [0.1, 0.15) is 19.3 Å². The molecule has 0 heterocycles.